The molecule has 0 spiro atoms. The molecule has 0 bridgehead atoms. The highest BCUT2D eigenvalue weighted by Crippen LogP contribution is 2.29. The van der Waals surface area contributed by atoms with Crippen molar-refractivity contribution in [2.24, 2.45) is 5.10 Å². The summed E-state index contributed by atoms with van der Waals surface area (Å²) >= 11 is 12.0. The van der Waals surface area contributed by atoms with E-state index in [9.17, 15) is 9.59 Å². The van der Waals surface area contributed by atoms with Gasteiger partial charge < -0.3 is 19.5 Å². The number of ether oxygens (including phenoxy) is 3. The van der Waals surface area contributed by atoms with Crippen LogP contribution in [0.15, 0.2) is 96.1 Å². The van der Waals surface area contributed by atoms with Gasteiger partial charge in [-0.2, -0.15) is 5.10 Å². The molecular formula is C31H27Cl2N3O5. The van der Waals surface area contributed by atoms with Gasteiger partial charge in [0.05, 0.1) is 17.8 Å². The maximum absolute atomic E-state index is 12.6. The molecule has 41 heavy (non-hydrogen) atoms. The van der Waals surface area contributed by atoms with Crippen LogP contribution in [-0.4, -0.2) is 31.2 Å². The molecule has 0 aliphatic carbocycles. The summed E-state index contributed by atoms with van der Waals surface area (Å²) in [5, 5.41) is 8.01. The first-order valence-electron chi connectivity index (χ1n) is 12.5. The maximum atomic E-state index is 12.6. The molecule has 0 radical (unpaired) electrons. The predicted octanol–water partition coefficient (Wildman–Crippen LogP) is 6.75. The van der Waals surface area contributed by atoms with E-state index < -0.39 is 5.91 Å². The Morgan fingerprint density at radius 1 is 0.805 bits per heavy atom. The third kappa shape index (κ3) is 8.48. The first kappa shape index (κ1) is 29.5. The van der Waals surface area contributed by atoms with Gasteiger partial charge in [0, 0.05) is 21.8 Å². The lowest BCUT2D eigenvalue weighted by atomic mass is 10.1. The molecule has 0 atom stereocenters. The summed E-state index contributed by atoms with van der Waals surface area (Å²) in [6, 6.07) is 26.1. The van der Waals surface area contributed by atoms with Gasteiger partial charge >= 0.3 is 0 Å². The fourth-order valence-corrected chi connectivity index (χ4v) is 3.94. The number of carbonyl (C=O) groups is 2. The third-order valence-electron chi connectivity index (χ3n) is 5.84. The van der Waals surface area contributed by atoms with Crippen molar-refractivity contribution in [1.82, 2.24) is 5.43 Å². The molecule has 0 aromatic heterocycles. The number of halogens is 2. The van der Waals surface area contributed by atoms with Crippen molar-refractivity contribution >= 4 is 46.4 Å². The molecule has 0 aliphatic heterocycles. The van der Waals surface area contributed by atoms with Gasteiger partial charge in [0.25, 0.3) is 11.8 Å². The molecule has 4 rings (SSSR count). The molecule has 210 valence electrons. The van der Waals surface area contributed by atoms with Crippen LogP contribution in [-0.2, 0) is 11.4 Å². The minimum Gasteiger partial charge on any atom is -0.493 e. The Morgan fingerprint density at radius 3 is 2.22 bits per heavy atom. The van der Waals surface area contributed by atoms with Crippen molar-refractivity contribution < 1.29 is 23.8 Å². The number of methoxy groups -OCH3 is 1. The molecule has 0 fully saturated rings. The Balaban J connectivity index is 1.30. The molecule has 4 aromatic rings. The van der Waals surface area contributed by atoms with Crippen molar-refractivity contribution in [2.45, 2.75) is 13.5 Å². The molecule has 2 N–H and O–H groups in total. The van der Waals surface area contributed by atoms with Crippen LogP contribution in [0, 0.1) is 0 Å². The normalized spacial score (nSPS) is 11.0. The number of hydrogen-bond acceptors (Lipinski definition) is 6. The van der Waals surface area contributed by atoms with E-state index in [0.717, 1.165) is 11.1 Å². The van der Waals surface area contributed by atoms with Crippen LogP contribution in [0.3, 0.4) is 0 Å². The van der Waals surface area contributed by atoms with E-state index >= 15 is 0 Å². The average Bonchev–Trinajstić information content (AvgIpc) is 2.99. The Morgan fingerprint density at radius 2 is 1.51 bits per heavy atom. The number of rotatable bonds is 11. The largest absolute Gasteiger partial charge is 0.493 e. The number of carbonyl (C=O) groups excluding carboxylic acids is 2. The van der Waals surface area contributed by atoms with Crippen LogP contribution in [0.4, 0.5) is 5.69 Å². The van der Waals surface area contributed by atoms with Gasteiger partial charge in [0.1, 0.15) is 12.4 Å². The Labute approximate surface area is 247 Å². The van der Waals surface area contributed by atoms with Crippen LogP contribution >= 0.6 is 23.2 Å². The van der Waals surface area contributed by atoms with Crippen molar-refractivity contribution in [2.75, 3.05) is 19.0 Å². The average molecular weight is 592 g/mol. The summed E-state index contributed by atoms with van der Waals surface area (Å²) < 4.78 is 16.8. The Kier molecular flexibility index (Phi) is 10.2. The lowest BCUT2D eigenvalue weighted by Crippen LogP contribution is -2.21. The van der Waals surface area contributed by atoms with Crippen molar-refractivity contribution in [3.8, 4) is 17.2 Å². The van der Waals surface area contributed by atoms with Crippen LogP contribution in [0.1, 0.15) is 28.4 Å². The van der Waals surface area contributed by atoms with Gasteiger partial charge in [-0.3, -0.25) is 9.59 Å². The lowest BCUT2D eigenvalue weighted by Gasteiger charge is -2.12. The summed E-state index contributed by atoms with van der Waals surface area (Å²) in [4.78, 5) is 24.8. The molecular weight excluding hydrogens is 565 g/mol. The SMILES string of the molecule is COc1cc(/C(C)=N/NC(=O)c2ccc(NC(=O)COc3ccccc3Cl)cc2)ccc1OCc1ccc(Cl)cc1. The minimum atomic E-state index is -0.404. The van der Waals surface area contributed by atoms with Crippen LogP contribution in [0.5, 0.6) is 17.2 Å². The molecule has 8 nitrogen and oxygen atoms in total. The summed E-state index contributed by atoms with van der Waals surface area (Å²) in [5.41, 5.74) is 5.73. The fraction of sp³-hybridized carbons (Fsp3) is 0.129. The highest BCUT2D eigenvalue weighted by atomic mass is 35.5. The van der Waals surface area contributed by atoms with E-state index in [1.54, 1.807) is 74.7 Å². The first-order chi connectivity index (χ1) is 19.8. The summed E-state index contributed by atoms with van der Waals surface area (Å²) in [6.45, 7) is 1.92. The Bertz CT molecular complexity index is 1540. The number of hydrazone groups is 1. The number of nitrogens with one attached hydrogen (secondary N) is 2. The predicted molar refractivity (Wildman–Crippen MR) is 160 cm³/mol. The zero-order valence-corrected chi connectivity index (χ0v) is 23.8. The quantitative estimate of drug-likeness (QED) is 0.148. The number of anilines is 1. The van der Waals surface area contributed by atoms with E-state index in [1.807, 2.05) is 30.3 Å². The van der Waals surface area contributed by atoms with E-state index in [2.05, 4.69) is 15.8 Å². The van der Waals surface area contributed by atoms with Crippen molar-refractivity contribution in [3.63, 3.8) is 0 Å². The summed E-state index contributed by atoms with van der Waals surface area (Å²) in [6.07, 6.45) is 0. The molecule has 0 saturated carbocycles. The molecule has 0 saturated heterocycles. The maximum Gasteiger partial charge on any atom is 0.271 e. The Hall–Kier alpha value is -4.53. The first-order valence-corrected chi connectivity index (χ1v) is 13.3. The zero-order chi connectivity index (χ0) is 29.2. The number of para-hydroxylation sites is 1. The van der Waals surface area contributed by atoms with Gasteiger partial charge in [-0.15, -0.1) is 0 Å². The van der Waals surface area contributed by atoms with Gasteiger partial charge in [0.15, 0.2) is 18.1 Å². The van der Waals surface area contributed by atoms with Crippen LogP contribution < -0.4 is 25.0 Å². The highest BCUT2D eigenvalue weighted by molar-refractivity contribution is 6.32. The smallest absolute Gasteiger partial charge is 0.271 e. The highest BCUT2D eigenvalue weighted by Gasteiger charge is 2.11. The van der Waals surface area contributed by atoms with Gasteiger partial charge in [-0.25, -0.2) is 5.43 Å². The van der Waals surface area contributed by atoms with E-state index in [-0.39, 0.29) is 12.5 Å². The number of amides is 2. The molecule has 0 unspecified atom stereocenters. The van der Waals surface area contributed by atoms with Crippen LogP contribution in [0.25, 0.3) is 0 Å². The number of hydrogen-bond donors (Lipinski definition) is 2. The topological polar surface area (TPSA) is 98.2 Å². The van der Waals surface area contributed by atoms with Gasteiger partial charge in [-0.1, -0.05) is 47.5 Å². The fourth-order valence-electron chi connectivity index (χ4n) is 3.62. The second kappa shape index (κ2) is 14.2. The zero-order valence-electron chi connectivity index (χ0n) is 22.3. The molecule has 0 aliphatic rings. The van der Waals surface area contributed by atoms with Crippen molar-refractivity contribution in [1.29, 1.82) is 0 Å². The second-order valence-electron chi connectivity index (χ2n) is 8.76. The van der Waals surface area contributed by atoms with Crippen molar-refractivity contribution in [3.05, 3.63) is 118 Å². The van der Waals surface area contributed by atoms with E-state index in [4.69, 9.17) is 37.4 Å². The van der Waals surface area contributed by atoms with Gasteiger partial charge in [0.2, 0.25) is 0 Å². The molecule has 10 heteroatoms. The molecule has 2 amide bonds. The minimum absolute atomic E-state index is 0.208. The standard InChI is InChI=1S/C31H27Cl2N3O5/c1-20(23-11-16-28(29(17-23)39-2)40-18-21-7-12-24(32)13-8-21)35-36-31(38)22-9-14-25(15-10-22)34-30(37)19-41-27-6-4-3-5-26(27)33/h3-17H,18-19H2,1-2H3,(H,34,37)(H,36,38)/b35-20+. The van der Waals surface area contributed by atoms with Crippen LogP contribution in [0.2, 0.25) is 10.0 Å². The summed E-state index contributed by atoms with van der Waals surface area (Å²) in [7, 11) is 1.56. The summed E-state index contributed by atoms with van der Waals surface area (Å²) in [5.74, 6) is 0.764. The monoisotopic (exact) mass is 591 g/mol. The molecule has 4 aromatic carbocycles. The number of benzene rings is 4. The second-order valence-corrected chi connectivity index (χ2v) is 9.61. The van der Waals surface area contributed by atoms with E-state index in [0.29, 0.717) is 50.9 Å². The van der Waals surface area contributed by atoms with Gasteiger partial charge in [-0.05, 0) is 79.2 Å². The van der Waals surface area contributed by atoms with E-state index in [1.165, 1.54) is 0 Å². The molecule has 0 heterocycles. The third-order valence-corrected chi connectivity index (χ3v) is 6.40. The lowest BCUT2D eigenvalue weighted by molar-refractivity contribution is -0.118. The number of nitrogens with zero attached hydrogens (tertiary/aromatic N) is 1.